The van der Waals surface area contributed by atoms with Crippen LogP contribution in [-0.2, 0) is 0 Å². The Morgan fingerprint density at radius 3 is 2.68 bits per heavy atom. The molecule has 1 aliphatic rings. The second kappa shape index (κ2) is 8.92. The van der Waals surface area contributed by atoms with Gasteiger partial charge < -0.3 is 0 Å². The zero-order valence-corrected chi connectivity index (χ0v) is 14.9. The van der Waals surface area contributed by atoms with Crippen LogP contribution in [-0.4, -0.2) is 64.8 Å². The number of rotatable bonds is 7. The molecule has 122 valence electrons. The van der Waals surface area contributed by atoms with Gasteiger partial charge in [-0.15, -0.1) is 23.4 Å². The molecule has 5 heteroatoms. The Hall–Kier alpha value is -0.550. The topological polar surface area (TPSA) is 23.6 Å². The number of carbonyl (C=O) groups is 1. The number of halogens is 1. The zero-order valence-electron chi connectivity index (χ0n) is 13.4. The number of carbonyl (C=O) groups excluding carboxylic acids is 1. The second-order valence-electron chi connectivity index (χ2n) is 5.89. The van der Waals surface area contributed by atoms with E-state index in [-0.39, 0.29) is 5.78 Å². The van der Waals surface area contributed by atoms with Gasteiger partial charge in [0.25, 0.3) is 0 Å². The average Bonchev–Trinajstić information content (AvgIpc) is 2.50. The van der Waals surface area contributed by atoms with E-state index in [4.69, 9.17) is 11.6 Å². The highest BCUT2D eigenvalue weighted by molar-refractivity contribution is 8.00. The van der Waals surface area contributed by atoms with Gasteiger partial charge in [-0.25, -0.2) is 0 Å². The van der Waals surface area contributed by atoms with Crippen molar-refractivity contribution in [1.29, 1.82) is 0 Å². The lowest BCUT2D eigenvalue weighted by molar-refractivity contribution is 0.0822. The van der Waals surface area contributed by atoms with Gasteiger partial charge in [-0.3, -0.25) is 14.6 Å². The van der Waals surface area contributed by atoms with E-state index < -0.39 is 0 Å². The molecular formula is C17H25ClN2OS. The van der Waals surface area contributed by atoms with Gasteiger partial charge in [0.15, 0.2) is 5.78 Å². The second-order valence-corrected chi connectivity index (χ2v) is 8.03. The minimum absolute atomic E-state index is 0.209. The Kier molecular flexibility index (Phi) is 7.22. The Labute approximate surface area is 143 Å². The number of Topliss-reactive ketones (excluding diaryl/α,β-unsaturated/α-hetero) is 1. The van der Waals surface area contributed by atoms with Crippen LogP contribution in [0.25, 0.3) is 0 Å². The molecule has 1 saturated heterocycles. The molecule has 3 nitrogen and oxygen atoms in total. The molecule has 2 rings (SSSR count). The first-order chi connectivity index (χ1) is 10.6. The van der Waals surface area contributed by atoms with Crippen LogP contribution in [0.2, 0.25) is 0 Å². The molecule has 1 unspecified atom stereocenters. The van der Waals surface area contributed by atoms with Crippen LogP contribution in [0.4, 0.5) is 0 Å². The molecule has 22 heavy (non-hydrogen) atoms. The fourth-order valence-corrected chi connectivity index (χ4v) is 4.20. The number of piperazine rings is 1. The molecule has 1 aromatic carbocycles. The van der Waals surface area contributed by atoms with Crippen LogP contribution < -0.4 is 0 Å². The maximum atomic E-state index is 12.5. The van der Waals surface area contributed by atoms with Crippen molar-refractivity contribution in [3.8, 4) is 0 Å². The summed E-state index contributed by atoms with van der Waals surface area (Å²) in [4.78, 5) is 17.2. The Balaban J connectivity index is 1.99. The molecule has 0 aromatic heterocycles. The molecular weight excluding hydrogens is 316 g/mol. The summed E-state index contributed by atoms with van der Waals surface area (Å²) in [6, 6.07) is 9.59. The molecule has 1 atom stereocenters. The maximum absolute atomic E-state index is 12.5. The first-order valence-electron chi connectivity index (χ1n) is 7.86. The van der Waals surface area contributed by atoms with Crippen LogP contribution in [0.15, 0.2) is 30.3 Å². The Bertz CT molecular complexity index is 469. The summed E-state index contributed by atoms with van der Waals surface area (Å²) in [5.41, 5.74) is 0.805. The zero-order chi connectivity index (χ0) is 15.9. The van der Waals surface area contributed by atoms with Crippen molar-refractivity contribution in [2.24, 2.45) is 0 Å². The van der Waals surface area contributed by atoms with Gasteiger partial charge in [0.1, 0.15) is 0 Å². The predicted molar refractivity (Wildman–Crippen MR) is 96.0 cm³/mol. The molecule has 0 N–H and O–H groups in total. The van der Waals surface area contributed by atoms with Crippen molar-refractivity contribution < 1.29 is 4.79 Å². The van der Waals surface area contributed by atoms with E-state index in [1.165, 1.54) is 0 Å². The number of benzene rings is 1. The molecule has 0 aliphatic carbocycles. The monoisotopic (exact) mass is 340 g/mol. The standard InChI is InChI=1S/C17H25ClN2OS/c1-14(2)22-17-13-19(9-8-18)10-11-20(17)12-16(21)15-6-4-3-5-7-15/h3-7,14,17H,8-13H2,1-2H3. The SMILES string of the molecule is CC(C)SC1CN(CCCl)CCN1CC(=O)c1ccccc1. The summed E-state index contributed by atoms with van der Waals surface area (Å²) in [6.45, 7) is 8.76. The molecule has 0 bridgehead atoms. The third-order valence-electron chi connectivity index (χ3n) is 3.80. The van der Waals surface area contributed by atoms with Gasteiger partial charge in [-0.1, -0.05) is 44.2 Å². The van der Waals surface area contributed by atoms with Crippen molar-refractivity contribution in [1.82, 2.24) is 9.80 Å². The number of ketones is 1. The van der Waals surface area contributed by atoms with E-state index in [0.717, 1.165) is 31.7 Å². The minimum atomic E-state index is 0.209. The third kappa shape index (κ3) is 5.27. The van der Waals surface area contributed by atoms with Gasteiger partial charge in [0, 0.05) is 42.9 Å². The van der Waals surface area contributed by atoms with Crippen LogP contribution >= 0.6 is 23.4 Å². The first kappa shape index (κ1) is 17.8. The number of nitrogens with zero attached hydrogens (tertiary/aromatic N) is 2. The number of thioether (sulfide) groups is 1. The van der Waals surface area contributed by atoms with Crippen molar-refractivity contribution in [2.75, 3.05) is 38.6 Å². The minimum Gasteiger partial charge on any atom is -0.298 e. The molecule has 1 aliphatic heterocycles. The lowest BCUT2D eigenvalue weighted by Crippen LogP contribution is -2.53. The number of hydrogen-bond acceptors (Lipinski definition) is 4. The van der Waals surface area contributed by atoms with Crippen LogP contribution in [0.3, 0.4) is 0 Å². The Morgan fingerprint density at radius 2 is 2.05 bits per heavy atom. The fraction of sp³-hybridized carbons (Fsp3) is 0.588. The predicted octanol–water partition coefficient (Wildman–Crippen LogP) is 3.19. The van der Waals surface area contributed by atoms with E-state index in [1.54, 1.807) is 0 Å². The van der Waals surface area contributed by atoms with Crippen molar-refractivity contribution in [2.45, 2.75) is 24.5 Å². The van der Waals surface area contributed by atoms with Crippen LogP contribution in [0, 0.1) is 0 Å². The smallest absolute Gasteiger partial charge is 0.176 e. The van der Waals surface area contributed by atoms with Gasteiger partial charge in [0.05, 0.1) is 11.9 Å². The van der Waals surface area contributed by atoms with E-state index >= 15 is 0 Å². The summed E-state index contributed by atoms with van der Waals surface area (Å²) < 4.78 is 0. The normalized spacial score (nSPS) is 20.5. The molecule has 0 radical (unpaired) electrons. The van der Waals surface area contributed by atoms with E-state index in [0.29, 0.717) is 23.0 Å². The lowest BCUT2D eigenvalue weighted by Gasteiger charge is -2.41. The quantitative estimate of drug-likeness (QED) is 0.562. The summed E-state index contributed by atoms with van der Waals surface area (Å²) in [5, 5.41) is 0.917. The van der Waals surface area contributed by atoms with E-state index in [9.17, 15) is 4.79 Å². The molecule has 0 saturated carbocycles. The molecule has 0 amide bonds. The van der Waals surface area contributed by atoms with E-state index in [1.807, 2.05) is 42.1 Å². The highest BCUT2D eigenvalue weighted by atomic mass is 35.5. The summed E-state index contributed by atoms with van der Waals surface area (Å²) in [7, 11) is 0. The first-order valence-corrected chi connectivity index (χ1v) is 9.34. The number of alkyl halides is 1. The van der Waals surface area contributed by atoms with Crippen LogP contribution in [0.5, 0.6) is 0 Å². The van der Waals surface area contributed by atoms with Crippen molar-refractivity contribution in [3.05, 3.63) is 35.9 Å². The van der Waals surface area contributed by atoms with E-state index in [2.05, 4.69) is 23.6 Å². The van der Waals surface area contributed by atoms with Crippen molar-refractivity contribution in [3.63, 3.8) is 0 Å². The summed E-state index contributed by atoms with van der Waals surface area (Å²) >= 11 is 7.81. The molecule has 1 aromatic rings. The third-order valence-corrected chi connectivity index (χ3v) is 5.27. The lowest BCUT2D eigenvalue weighted by atomic mass is 10.1. The fourth-order valence-electron chi connectivity index (χ4n) is 2.69. The summed E-state index contributed by atoms with van der Waals surface area (Å²) in [5.74, 6) is 0.878. The van der Waals surface area contributed by atoms with Gasteiger partial charge >= 0.3 is 0 Å². The van der Waals surface area contributed by atoms with Gasteiger partial charge in [-0.2, -0.15) is 0 Å². The molecule has 1 fully saturated rings. The van der Waals surface area contributed by atoms with Crippen molar-refractivity contribution >= 4 is 29.1 Å². The highest BCUT2D eigenvalue weighted by Crippen LogP contribution is 2.25. The van der Waals surface area contributed by atoms with Crippen LogP contribution in [0.1, 0.15) is 24.2 Å². The van der Waals surface area contributed by atoms with Gasteiger partial charge in [0.2, 0.25) is 0 Å². The maximum Gasteiger partial charge on any atom is 0.176 e. The average molecular weight is 341 g/mol. The number of hydrogen-bond donors (Lipinski definition) is 0. The Morgan fingerprint density at radius 1 is 1.32 bits per heavy atom. The largest absolute Gasteiger partial charge is 0.298 e. The summed E-state index contributed by atoms with van der Waals surface area (Å²) in [6.07, 6.45) is 0. The molecule has 1 heterocycles. The highest BCUT2D eigenvalue weighted by Gasteiger charge is 2.29. The molecule has 0 spiro atoms. The van der Waals surface area contributed by atoms with Gasteiger partial charge in [-0.05, 0) is 0 Å².